The molecule has 4 saturated carbocycles. The van der Waals surface area contributed by atoms with Crippen LogP contribution in [-0.2, 0) is 17.4 Å². The average molecular weight is 575 g/mol. The molecule has 37 heavy (non-hydrogen) atoms. The predicted molar refractivity (Wildman–Crippen MR) is 165 cm³/mol. The molecule has 0 heterocycles. The Morgan fingerprint density at radius 3 is 1.24 bits per heavy atom. The van der Waals surface area contributed by atoms with Crippen LogP contribution in [0.5, 0.6) is 0 Å². The standard InChI is InChI=1S/C29H47P2.C5H5.Cr/c1-5-14-24(15-6-1)30(25-16-7-2-8-17-25)28-22-13-23-29(28)31(26-18-9-3-10-19-26)27-20-11-4-12-21-27;1-2-4-5-3-1;/h13,22-27H,1-12,14-21H2;1-5H;/q-1;-5;. The largest absolute Gasteiger partial charge is 0.748 e. The minimum absolute atomic E-state index is 0. The van der Waals surface area contributed by atoms with Crippen molar-refractivity contribution in [1.29, 1.82) is 0 Å². The van der Waals surface area contributed by atoms with Crippen LogP contribution in [0.15, 0.2) is 48.5 Å². The summed E-state index contributed by atoms with van der Waals surface area (Å²) in [4.78, 5) is 0. The zero-order chi connectivity index (χ0) is 24.4. The van der Waals surface area contributed by atoms with Crippen molar-refractivity contribution in [3.05, 3.63) is 48.5 Å². The van der Waals surface area contributed by atoms with Crippen molar-refractivity contribution < 1.29 is 17.4 Å². The Hall–Kier alpha value is 0.0925. The molecule has 210 valence electrons. The first kappa shape index (κ1) is 30.1. The van der Waals surface area contributed by atoms with Gasteiger partial charge in [0, 0.05) is 17.4 Å². The molecule has 0 spiro atoms. The van der Waals surface area contributed by atoms with E-state index in [1.807, 2.05) is 40.9 Å². The van der Waals surface area contributed by atoms with Gasteiger partial charge in [-0.25, -0.2) is 12.1 Å². The van der Waals surface area contributed by atoms with Gasteiger partial charge in [0.25, 0.3) is 0 Å². The van der Waals surface area contributed by atoms with Crippen molar-refractivity contribution in [3.8, 4) is 0 Å². The molecule has 0 bridgehead atoms. The van der Waals surface area contributed by atoms with Crippen LogP contribution >= 0.6 is 15.8 Å². The van der Waals surface area contributed by atoms with E-state index >= 15 is 0 Å². The van der Waals surface area contributed by atoms with Crippen LogP contribution in [0.1, 0.15) is 128 Å². The fraction of sp³-hybridized carbons (Fsp3) is 0.706. The predicted octanol–water partition coefficient (Wildman–Crippen LogP) is 10.4. The van der Waals surface area contributed by atoms with Gasteiger partial charge in [0.2, 0.25) is 0 Å². The second kappa shape index (κ2) is 16.4. The molecule has 3 heteroatoms. The van der Waals surface area contributed by atoms with E-state index in [0.29, 0.717) is 0 Å². The van der Waals surface area contributed by atoms with Crippen molar-refractivity contribution in [2.24, 2.45) is 0 Å². The maximum Gasteiger partial charge on any atom is 0 e. The van der Waals surface area contributed by atoms with E-state index in [9.17, 15) is 0 Å². The van der Waals surface area contributed by atoms with Crippen LogP contribution < -0.4 is 10.6 Å². The molecule has 0 nitrogen and oxygen atoms in total. The molecule has 2 aromatic rings. The first-order chi connectivity index (χ1) is 17.9. The molecule has 0 aromatic heterocycles. The molecular formula is C34H52CrP2-6. The zero-order valence-electron chi connectivity index (χ0n) is 23.4. The molecule has 0 radical (unpaired) electrons. The second-order valence-corrected chi connectivity index (χ2v) is 17.8. The van der Waals surface area contributed by atoms with Gasteiger partial charge >= 0.3 is 0 Å². The minimum atomic E-state index is 0. The Morgan fingerprint density at radius 1 is 0.514 bits per heavy atom. The van der Waals surface area contributed by atoms with Gasteiger partial charge < -0.3 is 30.3 Å². The van der Waals surface area contributed by atoms with E-state index in [2.05, 4.69) is 18.2 Å². The molecule has 0 N–H and O–H groups in total. The Morgan fingerprint density at radius 2 is 0.865 bits per heavy atom. The Bertz CT molecular complexity index is 710. The summed E-state index contributed by atoms with van der Waals surface area (Å²) in [7, 11) is 0.132. The molecule has 4 aliphatic rings. The Kier molecular flexibility index (Phi) is 13.3. The van der Waals surface area contributed by atoms with E-state index in [1.165, 1.54) is 77.0 Å². The van der Waals surface area contributed by atoms with Crippen molar-refractivity contribution in [2.75, 3.05) is 0 Å². The van der Waals surface area contributed by atoms with Crippen molar-refractivity contribution >= 4 is 26.5 Å². The van der Waals surface area contributed by atoms with Crippen LogP contribution in [0.2, 0.25) is 0 Å². The van der Waals surface area contributed by atoms with E-state index < -0.39 is 0 Å². The van der Waals surface area contributed by atoms with Gasteiger partial charge in [-0.05, 0) is 74.0 Å². The summed E-state index contributed by atoms with van der Waals surface area (Å²) in [5, 5.41) is 3.94. The Labute approximate surface area is 242 Å². The van der Waals surface area contributed by atoms with Crippen LogP contribution in [-0.4, -0.2) is 22.6 Å². The maximum absolute atomic E-state index is 2.69. The first-order valence-electron chi connectivity index (χ1n) is 15.9. The van der Waals surface area contributed by atoms with E-state index in [1.54, 1.807) is 51.4 Å². The molecule has 0 amide bonds. The monoisotopic (exact) mass is 574 g/mol. The van der Waals surface area contributed by atoms with Crippen LogP contribution in [0.4, 0.5) is 0 Å². The van der Waals surface area contributed by atoms with Crippen molar-refractivity contribution in [3.63, 3.8) is 0 Å². The summed E-state index contributed by atoms with van der Waals surface area (Å²) >= 11 is 0. The van der Waals surface area contributed by atoms with Gasteiger partial charge in [-0.15, -0.1) is 18.5 Å². The third-order valence-electron chi connectivity index (χ3n) is 9.75. The summed E-state index contributed by atoms with van der Waals surface area (Å²) in [5.74, 6) is 0. The van der Waals surface area contributed by atoms with Gasteiger partial charge in [0.1, 0.15) is 0 Å². The van der Waals surface area contributed by atoms with E-state index in [0.717, 1.165) is 22.6 Å². The number of hydrogen-bond donors (Lipinski definition) is 0. The molecule has 2 aromatic carbocycles. The second-order valence-electron chi connectivity index (χ2n) is 12.2. The average Bonchev–Trinajstić information content (AvgIpc) is 3.68. The van der Waals surface area contributed by atoms with Gasteiger partial charge in [-0.2, -0.15) is 6.07 Å². The summed E-state index contributed by atoms with van der Waals surface area (Å²) in [6.45, 7) is 0. The van der Waals surface area contributed by atoms with E-state index in [-0.39, 0.29) is 33.2 Å². The third kappa shape index (κ3) is 8.30. The maximum atomic E-state index is 2.69. The molecule has 0 saturated heterocycles. The fourth-order valence-electron chi connectivity index (χ4n) is 7.98. The normalized spacial score (nSPS) is 23.0. The molecule has 4 aliphatic carbocycles. The minimum Gasteiger partial charge on any atom is -0.748 e. The van der Waals surface area contributed by atoms with Crippen molar-refractivity contribution in [1.82, 2.24) is 0 Å². The fourth-order valence-corrected chi connectivity index (χ4v) is 16.3. The van der Waals surface area contributed by atoms with Crippen molar-refractivity contribution in [2.45, 2.75) is 151 Å². The molecule has 0 unspecified atom stereocenters. The van der Waals surface area contributed by atoms with Crippen LogP contribution in [0.3, 0.4) is 0 Å². The molecule has 4 fully saturated rings. The number of hydrogen-bond acceptors (Lipinski definition) is 0. The topological polar surface area (TPSA) is 0 Å². The van der Waals surface area contributed by atoms with Gasteiger partial charge in [0.05, 0.1) is 0 Å². The smallest absolute Gasteiger partial charge is 0 e. The zero-order valence-corrected chi connectivity index (χ0v) is 26.4. The van der Waals surface area contributed by atoms with Gasteiger partial charge in [-0.3, -0.25) is 0 Å². The Balaban J connectivity index is 0.000000479. The molecule has 0 aliphatic heterocycles. The van der Waals surface area contributed by atoms with E-state index in [4.69, 9.17) is 0 Å². The number of rotatable bonds is 6. The molecule has 0 atom stereocenters. The summed E-state index contributed by atoms with van der Waals surface area (Å²) in [5.41, 5.74) is 4.23. The molecular weight excluding hydrogens is 522 g/mol. The SMILES string of the molecule is [Cr].[cH-]1[cH-][cH-][cH-][cH-]1.c1cc(P(C2CCCCC2)C2CCCCC2)[c-](P(C2CCCCC2)C2CCCCC2)c1. The van der Waals surface area contributed by atoms with Crippen LogP contribution in [0.25, 0.3) is 0 Å². The summed E-state index contributed by atoms with van der Waals surface area (Å²) < 4.78 is 0. The first-order valence-corrected chi connectivity index (χ1v) is 18.9. The van der Waals surface area contributed by atoms with Crippen LogP contribution in [0, 0.1) is 0 Å². The quantitative estimate of drug-likeness (QED) is 0.238. The summed E-state index contributed by atoms with van der Waals surface area (Å²) in [6.07, 6.45) is 30.6. The van der Waals surface area contributed by atoms with Gasteiger partial charge in [0.15, 0.2) is 0 Å². The molecule has 6 rings (SSSR count). The summed E-state index contributed by atoms with van der Waals surface area (Å²) in [6, 6.07) is 17.9. The third-order valence-corrected chi connectivity index (χ3v) is 17.0. The van der Waals surface area contributed by atoms with Gasteiger partial charge in [-0.1, -0.05) is 85.0 Å².